The molecule has 2 N–H and O–H groups in total. The minimum atomic E-state index is -0.188. The lowest BCUT2D eigenvalue weighted by Gasteiger charge is -2.25. The number of pyridine rings is 1. The second-order valence-corrected chi connectivity index (χ2v) is 6.34. The minimum Gasteiger partial charge on any atom is -0.376 e. The molecule has 0 spiro atoms. The van der Waals surface area contributed by atoms with E-state index < -0.39 is 0 Å². The SMILES string of the molecule is C[C@@H]1Cc2c(C(=O)NCc3ccc(N(C)C)cn3)n[nH]c2[C@H](C)O1. The van der Waals surface area contributed by atoms with E-state index in [1.807, 2.05) is 45.0 Å². The van der Waals surface area contributed by atoms with Crippen LogP contribution in [0.4, 0.5) is 5.69 Å². The maximum atomic E-state index is 12.5. The Hall–Kier alpha value is -2.41. The molecule has 2 aromatic heterocycles. The molecular formula is C17H23N5O2. The second-order valence-electron chi connectivity index (χ2n) is 6.34. The van der Waals surface area contributed by atoms with Gasteiger partial charge in [0.25, 0.3) is 5.91 Å². The Kier molecular flexibility index (Phi) is 4.53. The van der Waals surface area contributed by atoms with Crippen molar-refractivity contribution in [3.63, 3.8) is 0 Å². The van der Waals surface area contributed by atoms with Gasteiger partial charge in [-0.3, -0.25) is 14.9 Å². The topological polar surface area (TPSA) is 83.1 Å². The standard InChI is InChI=1S/C17H23N5O2/c1-10-7-14-15(11(2)24-10)20-21-16(14)17(23)19-8-12-5-6-13(9-18-12)22(3)4/h5-6,9-11H,7-8H2,1-4H3,(H,19,23)(H,20,21)/t10-,11+/m1/s1. The van der Waals surface area contributed by atoms with Crippen molar-refractivity contribution >= 4 is 11.6 Å². The average Bonchev–Trinajstić information content (AvgIpc) is 2.97. The predicted octanol–water partition coefficient (Wildman–Crippen LogP) is 1.82. The van der Waals surface area contributed by atoms with Crippen LogP contribution in [0, 0.1) is 0 Å². The molecule has 7 nitrogen and oxygen atoms in total. The van der Waals surface area contributed by atoms with Gasteiger partial charge in [0, 0.05) is 26.1 Å². The third-order valence-electron chi connectivity index (χ3n) is 4.20. The lowest BCUT2D eigenvalue weighted by atomic mass is 9.99. The van der Waals surface area contributed by atoms with Gasteiger partial charge in [0.15, 0.2) is 5.69 Å². The van der Waals surface area contributed by atoms with Crippen molar-refractivity contribution in [1.82, 2.24) is 20.5 Å². The first-order valence-electron chi connectivity index (χ1n) is 8.08. The summed E-state index contributed by atoms with van der Waals surface area (Å²) < 4.78 is 5.75. The molecule has 7 heteroatoms. The fourth-order valence-electron chi connectivity index (χ4n) is 2.90. The van der Waals surface area contributed by atoms with E-state index >= 15 is 0 Å². The number of carbonyl (C=O) groups excluding carboxylic acids is 1. The van der Waals surface area contributed by atoms with Crippen molar-refractivity contribution in [2.75, 3.05) is 19.0 Å². The van der Waals surface area contributed by atoms with Crippen LogP contribution in [-0.4, -0.2) is 41.3 Å². The number of nitrogens with zero attached hydrogens (tertiary/aromatic N) is 3. The zero-order valence-electron chi connectivity index (χ0n) is 14.5. The van der Waals surface area contributed by atoms with Crippen LogP contribution >= 0.6 is 0 Å². The lowest BCUT2D eigenvalue weighted by molar-refractivity contribution is -0.00697. The second kappa shape index (κ2) is 6.60. The van der Waals surface area contributed by atoms with Gasteiger partial charge < -0.3 is 15.0 Å². The highest BCUT2D eigenvalue weighted by Gasteiger charge is 2.29. The molecule has 0 bridgehead atoms. The highest BCUT2D eigenvalue weighted by Crippen LogP contribution is 2.30. The van der Waals surface area contributed by atoms with Crippen LogP contribution in [0.15, 0.2) is 18.3 Å². The summed E-state index contributed by atoms with van der Waals surface area (Å²) in [7, 11) is 3.93. The summed E-state index contributed by atoms with van der Waals surface area (Å²) in [6.07, 6.45) is 2.49. The molecule has 3 rings (SSSR count). The minimum absolute atomic E-state index is 0.0713. The van der Waals surface area contributed by atoms with Gasteiger partial charge in [-0.2, -0.15) is 5.10 Å². The Balaban J connectivity index is 1.68. The van der Waals surface area contributed by atoms with Crippen LogP contribution in [0.3, 0.4) is 0 Å². The predicted molar refractivity (Wildman–Crippen MR) is 91.0 cm³/mol. The zero-order valence-corrected chi connectivity index (χ0v) is 14.5. The summed E-state index contributed by atoms with van der Waals surface area (Å²) in [4.78, 5) is 18.8. The van der Waals surface area contributed by atoms with Gasteiger partial charge in [0.2, 0.25) is 0 Å². The fraction of sp³-hybridized carbons (Fsp3) is 0.471. The molecule has 1 aliphatic heterocycles. The maximum absolute atomic E-state index is 12.5. The van der Waals surface area contributed by atoms with Crippen LogP contribution in [-0.2, 0) is 17.7 Å². The van der Waals surface area contributed by atoms with E-state index in [9.17, 15) is 4.79 Å². The number of ether oxygens (including phenoxy) is 1. The number of carbonyl (C=O) groups is 1. The molecule has 0 aromatic carbocycles. The summed E-state index contributed by atoms with van der Waals surface area (Å²) in [5.74, 6) is -0.188. The Morgan fingerprint density at radius 3 is 2.88 bits per heavy atom. The summed E-state index contributed by atoms with van der Waals surface area (Å²) >= 11 is 0. The highest BCUT2D eigenvalue weighted by atomic mass is 16.5. The summed E-state index contributed by atoms with van der Waals surface area (Å²) in [5.41, 5.74) is 4.14. The number of fused-ring (bicyclic) bond motifs is 1. The summed E-state index contributed by atoms with van der Waals surface area (Å²) in [6.45, 7) is 4.34. The Morgan fingerprint density at radius 2 is 2.21 bits per heavy atom. The Morgan fingerprint density at radius 1 is 1.42 bits per heavy atom. The molecule has 2 atom stereocenters. The van der Waals surface area contributed by atoms with Crippen molar-refractivity contribution in [2.24, 2.45) is 0 Å². The average molecular weight is 329 g/mol. The quantitative estimate of drug-likeness (QED) is 0.894. The molecule has 0 unspecified atom stereocenters. The van der Waals surface area contributed by atoms with E-state index in [-0.39, 0.29) is 18.1 Å². The van der Waals surface area contributed by atoms with E-state index in [1.54, 1.807) is 6.20 Å². The van der Waals surface area contributed by atoms with E-state index in [4.69, 9.17) is 4.74 Å². The van der Waals surface area contributed by atoms with Crippen LogP contribution in [0.25, 0.3) is 0 Å². The molecule has 0 radical (unpaired) electrons. The van der Waals surface area contributed by atoms with Crippen molar-refractivity contribution in [3.8, 4) is 0 Å². The normalized spacial score (nSPS) is 19.7. The third-order valence-corrected chi connectivity index (χ3v) is 4.20. The van der Waals surface area contributed by atoms with E-state index in [0.717, 1.165) is 22.6 Å². The Bertz CT molecular complexity index is 723. The van der Waals surface area contributed by atoms with Crippen molar-refractivity contribution < 1.29 is 9.53 Å². The zero-order chi connectivity index (χ0) is 17.3. The van der Waals surface area contributed by atoms with Gasteiger partial charge in [-0.05, 0) is 26.0 Å². The first-order valence-corrected chi connectivity index (χ1v) is 8.08. The molecule has 2 aromatic rings. The molecule has 0 saturated carbocycles. The fourth-order valence-corrected chi connectivity index (χ4v) is 2.90. The summed E-state index contributed by atoms with van der Waals surface area (Å²) in [6, 6.07) is 3.89. The van der Waals surface area contributed by atoms with Crippen LogP contribution < -0.4 is 10.2 Å². The molecular weight excluding hydrogens is 306 g/mol. The molecule has 24 heavy (non-hydrogen) atoms. The van der Waals surface area contributed by atoms with Gasteiger partial charge in [0.1, 0.15) is 0 Å². The number of rotatable bonds is 4. The molecule has 0 fully saturated rings. The maximum Gasteiger partial charge on any atom is 0.272 e. The van der Waals surface area contributed by atoms with E-state index in [2.05, 4.69) is 20.5 Å². The lowest BCUT2D eigenvalue weighted by Crippen LogP contribution is -2.27. The number of hydrogen-bond donors (Lipinski definition) is 2. The third kappa shape index (κ3) is 3.26. The summed E-state index contributed by atoms with van der Waals surface area (Å²) in [5, 5.41) is 10.0. The largest absolute Gasteiger partial charge is 0.376 e. The van der Waals surface area contributed by atoms with E-state index in [1.165, 1.54) is 0 Å². The number of aromatic nitrogens is 3. The molecule has 0 aliphatic carbocycles. The molecule has 128 valence electrons. The highest BCUT2D eigenvalue weighted by molar-refractivity contribution is 5.94. The van der Waals surface area contributed by atoms with Crippen LogP contribution in [0.1, 0.15) is 47.4 Å². The van der Waals surface area contributed by atoms with Gasteiger partial charge in [0.05, 0.1) is 42.0 Å². The Labute approximate surface area is 141 Å². The number of amides is 1. The van der Waals surface area contributed by atoms with Gasteiger partial charge in [-0.1, -0.05) is 0 Å². The monoisotopic (exact) mass is 329 g/mol. The van der Waals surface area contributed by atoms with Crippen molar-refractivity contribution in [2.45, 2.75) is 39.0 Å². The number of H-pyrrole nitrogens is 1. The first kappa shape index (κ1) is 16.4. The number of hydrogen-bond acceptors (Lipinski definition) is 5. The number of anilines is 1. The molecule has 1 amide bonds. The number of aromatic amines is 1. The van der Waals surface area contributed by atoms with Gasteiger partial charge >= 0.3 is 0 Å². The van der Waals surface area contributed by atoms with Crippen molar-refractivity contribution in [3.05, 3.63) is 41.0 Å². The number of nitrogens with one attached hydrogen (secondary N) is 2. The van der Waals surface area contributed by atoms with Gasteiger partial charge in [-0.15, -0.1) is 0 Å². The van der Waals surface area contributed by atoms with Gasteiger partial charge in [-0.25, -0.2) is 0 Å². The smallest absolute Gasteiger partial charge is 0.272 e. The molecule has 3 heterocycles. The first-order chi connectivity index (χ1) is 11.5. The molecule has 0 saturated heterocycles. The van der Waals surface area contributed by atoms with Crippen molar-refractivity contribution in [1.29, 1.82) is 0 Å². The molecule has 1 aliphatic rings. The van der Waals surface area contributed by atoms with Crippen LogP contribution in [0.5, 0.6) is 0 Å². The van der Waals surface area contributed by atoms with Crippen LogP contribution in [0.2, 0.25) is 0 Å². The van der Waals surface area contributed by atoms with E-state index in [0.29, 0.717) is 18.7 Å².